The van der Waals surface area contributed by atoms with Crippen molar-refractivity contribution in [3.05, 3.63) is 70.9 Å². The molecule has 0 aliphatic carbocycles. The summed E-state index contributed by atoms with van der Waals surface area (Å²) < 4.78 is 34.7. The highest BCUT2D eigenvalue weighted by Gasteiger charge is 2.36. The number of amides is 1. The smallest absolute Gasteiger partial charge is 0.276 e. The van der Waals surface area contributed by atoms with Gasteiger partial charge in [-0.25, -0.2) is 8.42 Å². The molecule has 2 heterocycles. The third-order valence-corrected chi connectivity index (χ3v) is 7.43. The molecule has 1 fully saturated rings. The van der Waals surface area contributed by atoms with Gasteiger partial charge in [-0.1, -0.05) is 35.0 Å². The van der Waals surface area contributed by atoms with Gasteiger partial charge < -0.3 is 14.2 Å². The molecule has 7 nitrogen and oxygen atoms in total. The molecule has 9 heteroatoms. The van der Waals surface area contributed by atoms with Crippen LogP contribution in [0.5, 0.6) is 5.75 Å². The molecule has 31 heavy (non-hydrogen) atoms. The topological polar surface area (TPSA) is 89.7 Å². The molecule has 3 aromatic rings. The van der Waals surface area contributed by atoms with E-state index in [2.05, 4.69) is 5.16 Å². The van der Waals surface area contributed by atoms with E-state index in [-0.39, 0.29) is 23.7 Å². The Hall–Kier alpha value is -2.84. The Morgan fingerprint density at radius 2 is 1.97 bits per heavy atom. The molecule has 0 N–H and O–H groups in total. The summed E-state index contributed by atoms with van der Waals surface area (Å²) in [5.74, 6) is 0.716. The molecule has 1 aliphatic rings. The van der Waals surface area contributed by atoms with Gasteiger partial charge in [-0.05, 0) is 42.3 Å². The summed E-state index contributed by atoms with van der Waals surface area (Å²) >= 11 is 6.29. The Labute approximate surface area is 185 Å². The Morgan fingerprint density at radius 1 is 1.23 bits per heavy atom. The van der Waals surface area contributed by atoms with Crippen molar-refractivity contribution < 1.29 is 22.5 Å². The molecule has 0 bridgehead atoms. The van der Waals surface area contributed by atoms with E-state index in [0.717, 1.165) is 11.1 Å². The molecule has 1 aliphatic heterocycles. The van der Waals surface area contributed by atoms with Gasteiger partial charge in [-0.2, -0.15) is 0 Å². The predicted octanol–water partition coefficient (Wildman–Crippen LogP) is 3.83. The number of methoxy groups -OCH3 is 1. The Balaban J connectivity index is 1.62. The zero-order valence-corrected chi connectivity index (χ0v) is 18.4. The van der Waals surface area contributed by atoms with Gasteiger partial charge in [0.1, 0.15) is 5.75 Å². The van der Waals surface area contributed by atoms with Crippen LogP contribution in [0.15, 0.2) is 59.1 Å². The fourth-order valence-corrected chi connectivity index (χ4v) is 5.54. The maximum absolute atomic E-state index is 13.3. The van der Waals surface area contributed by atoms with Crippen LogP contribution in [-0.2, 0) is 16.4 Å². The fourth-order valence-electron chi connectivity index (χ4n) is 3.61. The fraction of sp³-hybridized carbons (Fsp3) is 0.273. The number of hydrogen-bond donors (Lipinski definition) is 0. The van der Waals surface area contributed by atoms with Crippen molar-refractivity contribution in [2.75, 3.05) is 18.6 Å². The second-order valence-corrected chi connectivity index (χ2v) is 10.0. The van der Waals surface area contributed by atoms with Gasteiger partial charge in [0.25, 0.3) is 5.91 Å². The summed E-state index contributed by atoms with van der Waals surface area (Å²) in [6, 6.07) is 15.5. The van der Waals surface area contributed by atoms with Gasteiger partial charge in [-0.15, -0.1) is 0 Å². The van der Waals surface area contributed by atoms with Crippen molar-refractivity contribution in [3.63, 3.8) is 0 Å². The molecule has 4 rings (SSSR count). The van der Waals surface area contributed by atoms with Crippen molar-refractivity contribution in [3.8, 4) is 17.1 Å². The maximum atomic E-state index is 13.3. The van der Waals surface area contributed by atoms with Gasteiger partial charge in [0.2, 0.25) is 0 Å². The third-order valence-electron chi connectivity index (χ3n) is 5.31. The second kappa shape index (κ2) is 8.72. The number of halogens is 1. The Bertz CT molecular complexity index is 1190. The minimum atomic E-state index is -3.19. The van der Waals surface area contributed by atoms with Crippen LogP contribution in [0, 0.1) is 0 Å². The highest BCUT2D eigenvalue weighted by molar-refractivity contribution is 7.91. The number of carbonyl (C=O) groups is 1. The standard InChI is InChI=1S/C22H21ClN2O5S/c1-29-18-8-6-15(7-9-18)21-12-20(24-30-21)22(26)25(17-10-11-31(27,28)14-17)13-16-4-2-3-5-19(16)23/h2-9,12,17H,10-11,13-14H2,1H3/t17-/m0/s1. The van der Waals surface area contributed by atoms with Crippen LogP contribution in [0.4, 0.5) is 0 Å². The number of hydrogen-bond acceptors (Lipinski definition) is 6. The number of ether oxygens (including phenoxy) is 1. The predicted molar refractivity (Wildman–Crippen MR) is 117 cm³/mol. The van der Waals surface area contributed by atoms with E-state index in [9.17, 15) is 13.2 Å². The van der Waals surface area contributed by atoms with E-state index in [1.165, 1.54) is 4.90 Å². The van der Waals surface area contributed by atoms with Crippen LogP contribution in [0.2, 0.25) is 5.02 Å². The van der Waals surface area contributed by atoms with Crippen LogP contribution in [0.25, 0.3) is 11.3 Å². The molecule has 0 saturated carbocycles. The van der Waals surface area contributed by atoms with Crippen LogP contribution < -0.4 is 4.74 Å². The van der Waals surface area contributed by atoms with E-state index in [0.29, 0.717) is 23.0 Å². The summed E-state index contributed by atoms with van der Waals surface area (Å²) in [6.45, 7) is 0.184. The van der Waals surface area contributed by atoms with Gasteiger partial charge in [0, 0.05) is 29.2 Å². The Kier molecular flexibility index (Phi) is 6.02. The first-order valence-electron chi connectivity index (χ1n) is 9.72. The maximum Gasteiger partial charge on any atom is 0.276 e. The number of nitrogens with zero attached hydrogens (tertiary/aromatic N) is 2. The largest absolute Gasteiger partial charge is 0.497 e. The quantitative estimate of drug-likeness (QED) is 0.555. The number of carbonyl (C=O) groups excluding carboxylic acids is 1. The van der Waals surface area contributed by atoms with Crippen LogP contribution in [-0.4, -0.2) is 49.0 Å². The highest BCUT2D eigenvalue weighted by atomic mass is 35.5. The summed E-state index contributed by atoms with van der Waals surface area (Å²) in [6.07, 6.45) is 0.377. The lowest BCUT2D eigenvalue weighted by atomic mass is 10.1. The average Bonchev–Trinajstić information content (AvgIpc) is 3.39. The number of aromatic nitrogens is 1. The monoisotopic (exact) mass is 460 g/mol. The SMILES string of the molecule is COc1ccc(-c2cc(C(=O)N(Cc3ccccc3Cl)[C@H]3CCS(=O)(=O)C3)no2)cc1. The number of sulfone groups is 1. The first-order chi connectivity index (χ1) is 14.9. The molecular formula is C22H21ClN2O5S. The molecule has 2 aromatic carbocycles. The normalized spacial score (nSPS) is 17.4. The summed E-state index contributed by atoms with van der Waals surface area (Å²) in [4.78, 5) is 14.9. The van der Waals surface area contributed by atoms with Crippen molar-refractivity contribution >= 4 is 27.3 Å². The lowest BCUT2D eigenvalue weighted by Gasteiger charge is -2.28. The van der Waals surface area contributed by atoms with Crippen LogP contribution in [0.3, 0.4) is 0 Å². The molecule has 1 atom stereocenters. The number of rotatable bonds is 6. The summed E-state index contributed by atoms with van der Waals surface area (Å²) in [7, 11) is -1.61. The molecular weight excluding hydrogens is 440 g/mol. The molecule has 1 aromatic heterocycles. The molecule has 1 amide bonds. The third kappa shape index (κ3) is 4.75. The summed E-state index contributed by atoms with van der Waals surface area (Å²) in [5, 5.41) is 4.46. The first-order valence-corrected chi connectivity index (χ1v) is 11.9. The van der Waals surface area contributed by atoms with Crippen molar-refractivity contribution in [1.82, 2.24) is 10.1 Å². The Morgan fingerprint density at radius 3 is 2.61 bits per heavy atom. The van der Waals surface area contributed by atoms with E-state index in [4.69, 9.17) is 20.9 Å². The lowest BCUT2D eigenvalue weighted by Crippen LogP contribution is -2.40. The minimum Gasteiger partial charge on any atom is -0.497 e. The van der Waals surface area contributed by atoms with Crippen LogP contribution in [0.1, 0.15) is 22.5 Å². The summed E-state index contributed by atoms with van der Waals surface area (Å²) in [5.41, 5.74) is 1.59. The van der Waals surface area contributed by atoms with Crippen molar-refractivity contribution in [2.45, 2.75) is 19.0 Å². The molecule has 0 radical (unpaired) electrons. The zero-order chi connectivity index (χ0) is 22.0. The van der Waals surface area contributed by atoms with Gasteiger partial charge >= 0.3 is 0 Å². The molecule has 0 unspecified atom stereocenters. The molecule has 162 valence electrons. The van der Waals surface area contributed by atoms with Crippen molar-refractivity contribution in [2.24, 2.45) is 0 Å². The van der Waals surface area contributed by atoms with Gasteiger partial charge in [-0.3, -0.25) is 4.79 Å². The van der Waals surface area contributed by atoms with E-state index < -0.39 is 21.8 Å². The average molecular weight is 461 g/mol. The van der Waals surface area contributed by atoms with Crippen LogP contribution >= 0.6 is 11.6 Å². The van der Waals surface area contributed by atoms with E-state index in [1.807, 2.05) is 12.1 Å². The van der Waals surface area contributed by atoms with E-state index >= 15 is 0 Å². The highest BCUT2D eigenvalue weighted by Crippen LogP contribution is 2.27. The zero-order valence-electron chi connectivity index (χ0n) is 16.8. The number of benzene rings is 2. The van der Waals surface area contributed by atoms with Crippen molar-refractivity contribution in [1.29, 1.82) is 0 Å². The van der Waals surface area contributed by atoms with Gasteiger partial charge in [0.05, 0.1) is 18.6 Å². The second-order valence-electron chi connectivity index (χ2n) is 7.39. The molecule has 1 saturated heterocycles. The van der Waals surface area contributed by atoms with Gasteiger partial charge in [0.15, 0.2) is 21.3 Å². The molecule has 0 spiro atoms. The first kappa shape index (κ1) is 21.4. The lowest BCUT2D eigenvalue weighted by molar-refractivity contribution is 0.0670. The van der Waals surface area contributed by atoms with E-state index in [1.54, 1.807) is 49.6 Å². The minimum absolute atomic E-state index is 0.0554.